The highest BCUT2D eigenvalue weighted by atomic mass is 35.5. The molecule has 0 radical (unpaired) electrons. The first-order valence-corrected chi connectivity index (χ1v) is 7.37. The summed E-state index contributed by atoms with van der Waals surface area (Å²) in [7, 11) is 0. The fourth-order valence-corrected chi connectivity index (χ4v) is 2.46. The Balaban J connectivity index is 2.58. The molecule has 0 bridgehead atoms. The van der Waals surface area contributed by atoms with Crippen molar-refractivity contribution in [1.29, 1.82) is 0 Å². The molecule has 4 nitrogen and oxygen atoms in total. The van der Waals surface area contributed by atoms with Crippen molar-refractivity contribution >= 4 is 28.5 Å². The Kier molecular flexibility index (Phi) is 4.52. The Morgan fingerprint density at radius 1 is 1.33 bits per heavy atom. The van der Waals surface area contributed by atoms with Gasteiger partial charge in [-0.1, -0.05) is 6.07 Å². The number of carbonyl (C=O) groups excluding carboxylic acids is 1. The summed E-state index contributed by atoms with van der Waals surface area (Å²) in [5.41, 5.74) is 0.813. The number of nitrogens with zero attached hydrogens (tertiary/aromatic N) is 2. The van der Waals surface area contributed by atoms with E-state index in [4.69, 9.17) is 11.6 Å². The maximum absolute atomic E-state index is 13.9. The van der Waals surface area contributed by atoms with Gasteiger partial charge in [0.2, 0.25) is 5.91 Å². The Labute approximate surface area is 128 Å². The highest BCUT2D eigenvalue weighted by molar-refractivity contribution is 6.20. The minimum Gasteiger partial charge on any atom is -0.352 e. The van der Waals surface area contributed by atoms with Gasteiger partial charge in [-0.3, -0.25) is 4.79 Å². The Morgan fingerprint density at radius 2 is 2.00 bits per heavy atom. The van der Waals surface area contributed by atoms with Crippen LogP contribution in [0.15, 0.2) is 18.2 Å². The number of fused-ring (bicyclic) bond motifs is 1. The molecule has 1 aromatic heterocycles. The van der Waals surface area contributed by atoms with Gasteiger partial charge in [0.15, 0.2) is 5.82 Å². The molecule has 0 aliphatic rings. The highest BCUT2D eigenvalue weighted by Gasteiger charge is 2.24. The molecule has 2 atom stereocenters. The molecular weight excluding hydrogens is 293 g/mol. The molecule has 6 heteroatoms. The predicted molar refractivity (Wildman–Crippen MR) is 81.9 cm³/mol. The standard InChI is InChI=1S/C15H19ClFN3O/c1-8(2)18-15(21)10(4)20-12-7-5-6-11(17)13(12)19-14(20)9(3)16/h5-10H,1-4H3,(H,18,21). The molecule has 1 aromatic carbocycles. The zero-order valence-electron chi connectivity index (χ0n) is 12.5. The van der Waals surface area contributed by atoms with Crippen molar-refractivity contribution in [3.63, 3.8) is 0 Å². The number of halogens is 2. The van der Waals surface area contributed by atoms with Crippen LogP contribution in [0.5, 0.6) is 0 Å². The van der Waals surface area contributed by atoms with E-state index in [0.29, 0.717) is 11.3 Å². The van der Waals surface area contributed by atoms with E-state index in [-0.39, 0.29) is 17.5 Å². The molecule has 2 aromatic rings. The monoisotopic (exact) mass is 311 g/mol. The lowest BCUT2D eigenvalue weighted by molar-refractivity contribution is -0.124. The first kappa shape index (κ1) is 15.8. The summed E-state index contributed by atoms with van der Waals surface area (Å²) < 4.78 is 15.6. The van der Waals surface area contributed by atoms with E-state index in [1.54, 1.807) is 30.5 Å². The summed E-state index contributed by atoms with van der Waals surface area (Å²) in [6, 6.07) is 4.21. The van der Waals surface area contributed by atoms with E-state index in [0.717, 1.165) is 0 Å². The third kappa shape index (κ3) is 3.02. The van der Waals surface area contributed by atoms with Crippen LogP contribution in [0.1, 0.15) is 44.9 Å². The molecule has 0 fully saturated rings. The van der Waals surface area contributed by atoms with E-state index < -0.39 is 17.2 Å². The second-order valence-corrected chi connectivity index (χ2v) is 6.06. The molecule has 0 aliphatic carbocycles. The van der Waals surface area contributed by atoms with Gasteiger partial charge in [0.1, 0.15) is 17.4 Å². The third-order valence-corrected chi connectivity index (χ3v) is 3.45. The van der Waals surface area contributed by atoms with Gasteiger partial charge in [-0.15, -0.1) is 11.6 Å². The quantitative estimate of drug-likeness (QED) is 0.878. The lowest BCUT2D eigenvalue weighted by Crippen LogP contribution is -2.36. The number of imidazole rings is 1. The lowest BCUT2D eigenvalue weighted by Gasteiger charge is -2.19. The Bertz CT molecular complexity index is 666. The summed E-state index contributed by atoms with van der Waals surface area (Å²) in [4.78, 5) is 16.5. The van der Waals surface area contributed by atoms with Crippen molar-refractivity contribution in [3.8, 4) is 0 Å². The molecule has 2 rings (SSSR count). The van der Waals surface area contributed by atoms with Gasteiger partial charge in [-0.2, -0.15) is 0 Å². The molecule has 0 spiro atoms. The van der Waals surface area contributed by atoms with Crippen LogP contribution in [-0.4, -0.2) is 21.5 Å². The SMILES string of the molecule is CC(C)NC(=O)C(C)n1c(C(C)Cl)nc2c(F)cccc21. The summed E-state index contributed by atoms with van der Waals surface area (Å²) >= 11 is 6.15. The second-order valence-electron chi connectivity index (χ2n) is 5.40. The van der Waals surface area contributed by atoms with E-state index in [2.05, 4.69) is 10.3 Å². The number of amides is 1. The summed E-state index contributed by atoms with van der Waals surface area (Å²) in [6.45, 7) is 7.29. The molecule has 0 aliphatic heterocycles. The van der Waals surface area contributed by atoms with Crippen LogP contribution in [0.2, 0.25) is 0 Å². The number of rotatable bonds is 4. The van der Waals surface area contributed by atoms with Gasteiger partial charge >= 0.3 is 0 Å². The number of hydrogen-bond acceptors (Lipinski definition) is 2. The van der Waals surface area contributed by atoms with Crippen LogP contribution >= 0.6 is 11.6 Å². The maximum Gasteiger partial charge on any atom is 0.243 e. The summed E-state index contributed by atoms with van der Waals surface area (Å²) in [5, 5.41) is 2.43. The first-order chi connectivity index (χ1) is 9.82. The molecule has 21 heavy (non-hydrogen) atoms. The molecule has 1 heterocycles. The van der Waals surface area contributed by atoms with Crippen molar-refractivity contribution < 1.29 is 9.18 Å². The van der Waals surface area contributed by atoms with Gasteiger partial charge in [0.25, 0.3) is 0 Å². The van der Waals surface area contributed by atoms with Crippen LogP contribution < -0.4 is 5.32 Å². The van der Waals surface area contributed by atoms with Gasteiger partial charge in [-0.05, 0) is 39.8 Å². The van der Waals surface area contributed by atoms with Crippen molar-refractivity contribution in [3.05, 3.63) is 29.8 Å². The minimum atomic E-state index is -0.518. The van der Waals surface area contributed by atoms with Crippen molar-refractivity contribution in [1.82, 2.24) is 14.9 Å². The first-order valence-electron chi connectivity index (χ1n) is 6.93. The fourth-order valence-electron chi connectivity index (χ4n) is 2.31. The zero-order chi connectivity index (χ0) is 15.7. The molecule has 2 unspecified atom stereocenters. The Morgan fingerprint density at radius 3 is 2.57 bits per heavy atom. The van der Waals surface area contributed by atoms with Gasteiger partial charge in [0.05, 0.1) is 10.9 Å². The van der Waals surface area contributed by atoms with Crippen molar-refractivity contribution in [2.24, 2.45) is 0 Å². The molecule has 1 N–H and O–H groups in total. The van der Waals surface area contributed by atoms with E-state index >= 15 is 0 Å². The number of aromatic nitrogens is 2. The van der Waals surface area contributed by atoms with Gasteiger partial charge in [-0.25, -0.2) is 9.37 Å². The van der Waals surface area contributed by atoms with Gasteiger partial charge in [0, 0.05) is 6.04 Å². The van der Waals surface area contributed by atoms with Crippen LogP contribution in [0.25, 0.3) is 11.0 Å². The van der Waals surface area contributed by atoms with Crippen LogP contribution in [0.4, 0.5) is 4.39 Å². The molecule has 0 saturated carbocycles. The number of nitrogens with one attached hydrogen (secondary N) is 1. The topological polar surface area (TPSA) is 46.9 Å². The summed E-state index contributed by atoms with van der Waals surface area (Å²) in [5.74, 6) is -0.0726. The molecular formula is C15H19ClFN3O. The number of carbonyl (C=O) groups is 1. The number of alkyl halides is 1. The van der Waals surface area contributed by atoms with Crippen LogP contribution in [0.3, 0.4) is 0 Å². The average molecular weight is 312 g/mol. The molecule has 1 amide bonds. The highest BCUT2D eigenvalue weighted by Crippen LogP contribution is 2.29. The van der Waals surface area contributed by atoms with Crippen LogP contribution in [0, 0.1) is 5.82 Å². The van der Waals surface area contributed by atoms with Gasteiger partial charge < -0.3 is 9.88 Å². The zero-order valence-corrected chi connectivity index (χ0v) is 13.3. The Hall–Kier alpha value is -1.62. The lowest BCUT2D eigenvalue weighted by atomic mass is 10.2. The van der Waals surface area contributed by atoms with Crippen molar-refractivity contribution in [2.75, 3.05) is 0 Å². The van der Waals surface area contributed by atoms with Crippen LogP contribution in [-0.2, 0) is 4.79 Å². The minimum absolute atomic E-state index is 0.0309. The fraction of sp³-hybridized carbons (Fsp3) is 0.467. The number of benzene rings is 1. The summed E-state index contributed by atoms with van der Waals surface area (Å²) in [6.07, 6.45) is 0. The largest absolute Gasteiger partial charge is 0.352 e. The smallest absolute Gasteiger partial charge is 0.243 e. The number of hydrogen-bond donors (Lipinski definition) is 1. The van der Waals surface area contributed by atoms with E-state index in [9.17, 15) is 9.18 Å². The van der Waals surface area contributed by atoms with E-state index in [1.807, 2.05) is 13.8 Å². The predicted octanol–water partition coefficient (Wildman–Crippen LogP) is 3.56. The van der Waals surface area contributed by atoms with E-state index in [1.165, 1.54) is 6.07 Å². The molecule has 114 valence electrons. The molecule has 0 saturated heterocycles. The third-order valence-electron chi connectivity index (χ3n) is 3.25. The maximum atomic E-state index is 13.9. The average Bonchev–Trinajstić information content (AvgIpc) is 2.78. The van der Waals surface area contributed by atoms with Crippen molar-refractivity contribution in [2.45, 2.75) is 45.2 Å². The second kappa shape index (κ2) is 6.02. The number of para-hydroxylation sites is 1. The normalized spacial score (nSPS) is 14.4.